The van der Waals surface area contributed by atoms with E-state index in [1.165, 1.54) is 11.8 Å². The molecule has 180 valence electrons. The predicted octanol–water partition coefficient (Wildman–Crippen LogP) is 7.40. The van der Waals surface area contributed by atoms with E-state index < -0.39 is 0 Å². The minimum absolute atomic E-state index is 0.345. The normalized spacial score (nSPS) is 20.9. The van der Waals surface area contributed by atoms with E-state index in [0.29, 0.717) is 12.0 Å². The molecule has 4 nitrogen and oxygen atoms in total. The van der Waals surface area contributed by atoms with Crippen molar-refractivity contribution in [2.24, 2.45) is 0 Å². The standard InChI is InChI=1S/C27H32N4.C3H8/c1-4-20(2)26-23-12-8-9-13-24(23)29-25(30-26)18-31(3)22-14-16-27(19-28,17-15-22)21-10-6-5-7-11-21;1-3-2/h5-13,20,22H,4,14-18H2,1-3H3;3H2,1-2H3. The molecule has 0 radical (unpaired) electrons. The van der Waals surface area contributed by atoms with E-state index in [4.69, 9.17) is 9.97 Å². The lowest BCUT2D eigenvalue weighted by atomic mass is 9.69. The van der Waals surface area contributed by atoms with Gasteiger partial charge in [-0.05, 0) is 56.7 Å². The second kappa shape index (κ2) is 12.1. The molecule has 0 aliphatic heterocycles. The first-order chi connectivity index (χ1) is 16.5. The molecule has 1 aliphatic rings. The zero-order chi connectivity index (χ0) is 24.6. The fourth-order valence-electron chi connectivity index (χ4n) is 4.90. The van der Waals surface area contributed by atoms with Gasteiger partial charge < -0.3 is 0 Å². The van der Waals surface area contributed by atoms with Crippen molar-refractivity contribution in [2.75, 3.05) is 7.05 Å². The van der Waals surface area contributed by atoms with E-state index in [-0.39, 0.29) is 5.41 Å². The van der Waals surface area contributed by atoms with E-state index in [9.17, 15) is 5.26 Å². The monoisotopic (exact) mass is 456 g/mol. The van der Waals surface area contributed by atoms with Gasteiger partial charge in [0.25, 0.3) is 0 Å². The predicted molar refractivity (Wildman–Crippen MR) is 142 cm³/mol. The summed E-state index contributed by atoms with van der Waals surface area (Å²) in [4.78, 5) is 12.3. The molecule has 1 atom stereocenters. The van der Waals surface area contributed by atoms with Gasteiger partial charge in [0.05, 0.1) is 29.2 Å². The van der Waals surface area contributed by atoms with Crippen LogP contribution in [-0.2, 0) is 12.0 Å². The van der Waals surface area contributed by atoms with E-state index in [0.717, 1.165) is 61.2 Å². The van der Waals surface area contributed by atoms with E-state index >= 15 is 0 Å². The van der Waals surface area contributed by atoms with Gasteiger partial charge in [-0.25, -0.2) is 9.97 Å². The summed E-state index contributed by atoms with van der Waals surface area (Å²) in [6, 6.07) is 21.8. The van der Waals surface area contributed by atoms with Gasteiger partial charge in [-0.1, -0.05) is 82.6 Å². The van der Waals surface area contributed by atoms with Crippen LogP contribution in [0, 0.1) is 11.3 Å². The molecule has 0 bridgehead atoms. The summed E-state index contributed by atoms with van der Waals surface area (Å²) >= 11 is 0. The molecular formula is C30H40N4. The van der Waals surface area contributed by atoms with E-state index in [1.54, 1.807) is 0 Å². The van der Waals surface area contributed by atoms with Crippen LogP contribution in [0.1, 0.15) is 89.2 Å². The topological polar surface area (TPSA) is 52.8 Å². The summed E-state index contributed by atoms with van der Waals surface area (Å²) in [5.41, 5.74) is 3.01. The summed E-state index contributed by atoms with van der Waals surface area (Å²) in [7, 11) is 2.17. The summed E-state index contributed by atoms with van der Waals surface area (Å²) in [6.07, 6.45) is 6.16. The number of hydrogen-bond donors (Lipinski definition) is 0. The van der Waals surface area contributed by atoms with Crippen LogP contribution in [0.15, 0.2) is 54.6 Å². The van der Waals surface area contributed by atoms with Crippen LogP contribution in [-0.4, -0.2) is 28.0 Å². The number of rotatable bonds is 6. The molecule has 0 N–H and O–H groups in total. The Morgan fingerprint density at radius 1 is 1.00 bits per heavy atom. The van der Waals surface area contributed by atoms with Crippen LogP contribution >= 0.6 is 0 Å². The number of para-hydroxylation sites is 1. The molecular weight excluding hydrogens is 416 g/mol. The summed E-state index contributed by atoms with van der Waals surface area (Å²) in [5, 5.41) is 11.1. The number of benzene rings is 2. The molecule has 1 aromatic heterocycles. The quantitative estimate of drug-likeness (QED) is 0.388. The molecule has 1 fully saturated rings. The number of aromatic nitrogens is 2. The Balaban J connectivity index is 0.00000103. The molecule has 34 heavy (non-hydrogen) atoms. The van der Waals surface area contributed by atoms with Gasteiger partial charge in [-0.3, -0.25) is 4.90 Å². The van der Waals surface area contributed by atoms with Crippen molar-refractivity contribution in [3.05, 3.63) is 71.7 Å². The molecule has 0 spiro atoms. The second-order valence-electron chi connectivity index (χ2n) is 9.76. The van der Waals surface area contributed by atoms with Crippen molar-refractivity contribution < 1.29 is 0 Å². The van der Waals surface area contributed by atoms with Crippen LogP contribution in [0.3, 0.4) is 0 Å². The fraction of sp³-hybridized carbons (Fsp3) is 0.500. The minimum Gasteiger partial charge on any atom is -0.296 e. The Labute approximate surface area is 206 Å². The minimum atomic E-state index is -0.345. The van der Waals surface area contributed by atoms with Crippen molar-refractivity contribution in [1.29, 1.82) is 5.26 Å². The molecule has 2 aromatic carbocycles. The molecule has 1 heterocycles. The average Bonchev–Trinajstić information content (AvgIpc) is 2.88. The van der Waals surface area contributed by atoms with Gasteiger partial charge in [0.2, 0.25) is 0 Å². The van der Waals surface area contributed by atoms with Crippen LogP contribution < -0.4 is 0 Å². The highest BCUT2D eigenvalue weighted by atomic mass is 15.2. The Morgan fingerprint density at radius 2 is 1.62 bits per heavy atom. The Hall–Kier alpha value is -2.77. The first kappa shape index (κ1) is 25.8. The maximum Gasteiger partial charge on any atom is 0.143 e. The second-order valence-corrected chi connectivity index (χ2v) is 9.76. The highest BCUT2D eigenvalue weighted by Crippen LogP contribution is 2.40. The molecule has 3 aromatic rings. The zero-order valence-corrected chi connectivity index (χ0v) is 21.6. The van der Waals surface area contributed by atoms with Gasteiger partial charge in [-0.2, -0.15) is 5.26 Å². The Kier molecular flexibility index (Phi) is 9.19. The SMILES string of the molecule is CCC.CCC(C)c1nc(CN(C)C2CCC(C#N)(c3ccccc3)CC2)nc2ccccc12. The lowest BCUT2D eigenvalue weighted by Gasteiger charge is -2.39. The van der Waals surface area contributed by atoms with Crippen molar-refractivity contribution in [2.45, 2.75) is 90.1 Å². The first-order valence-electron chi connectivity index (χ1n) is 12.9. The third-order valence-electron chi connectivity index (χ3n) is 7.12. The van der Waals surface area contributed by atoms with Crippen molar-refractivity contribution >= 4 is 10.9 Å². The lowest BCUT2D eigenvalue weighted by Crippen LogP contribution is -2.40. The smallest absolute Gasteiger partial charge is 0.143 e. The molecule has 4 heteroatoms. The summed E-state index contributed by atoms with van der Waals surface area (Å²) in [6.45, 7) is 9.45. The molecule has 1 aliphatic carbocycles. The summed E-state index contributed by atoms with van der Waals surface area (Å²) in [5.74, 6) is 1.31. The average molecular weight is 457 g/mol. The molecule has 0 amide bonds. The summed E-state index contributed by atoms with van der Waals surface area (Å²) < 4.78 is 0. The molecule has 4 rings (SSSR count). The van der Waals surface area contributed by atoms with Gasteiger partial charge in [-0.15, -0.1) is 0 Å². The molecule has 1 saturated carbocycles. The maximum absolute atomic E-state index is 9.98. The maximum atomic E-state index is 9.98. The lowest BCUT2D eigenvalue weighted by molar-refractivity contribution is 0.157. The van der Waals surface area contributed by atoms with Gasteiger partial charge >= 0.3 is 0 Å². The van der Waals surface area contributed by atoms with Gasteiger partial charge in [0.1, 0.15) is 5.82 Å². The molecule has 1 unspecified atom stereocenters. The van der Waals surface area contributed by atoms with Crippen molar-refractivity contribution in [1.82, 2.24) is 14.9 Å². The van der Waals surface area contributed by atoms with Crippen molar-refractivity contribution in [3.8, 4) is 6.07 Å². The van der Waals surface area contributed by atoms with Crippen LogP contribution in [0.2, 0.25) is 0 Å². The van der Waals surface area contributed by atoms with Crippen LogP contribution in [0.25, 0.3) is 10.9 Å². The third-order valence-corrected chi connectivity index (χ3v) is 7.12. The van der Waals surface area contributed by atoms with E-state index in [2.05, 4.69) is 82.1 Å². The van der Waals surface area contributed by atoms with Gasteiger partial charge in [0, 0.05) is 11.4 Å². The largest absolute Gasteiger partial charge is 0.296 e. The number of nitrogens with zero attached hydrogens (tertiary/aromatic N) is 4. The number of hydrogen-bond acceptors (Lipinski definition) is 4. The zero-order valence-electron chi connectivity index (χ0n) is 21.6. The number of nitriles is 1. The molecule has 0 saturated heterocycles. The van der Waals surface area contributed by atoms with Crippen LogP contribution in [0.5, 0.6) is 0 Å². The van der Waals surface area contributed by atoms with Crippen molar-refractivity contribution in [3.63, 3.8) is 0 Å². The number of fused-ring (bicyclic) bond motifs is 1. The Bertz CT molecular complexity index is 1080. The van der Waals surface area contributed by atoms with E-state index in [1.807, 2.05) is 18.2 Å². The fourth-order valence-corrected chi connectivity index (χ4v) is 4.90. The first-order valence-corrected chi connectivity index (χ1v) is 12.9. The highest BCUT2D eigenvalue weighted by Gasteiger charge is 2.38. The highest BCUT2D eigenvalue weighted by molar-refractivity contribution is 5.81. The Morgan fingerprint density at radius 3 is 2.24 bits per heavy atom. The van der Waals surface area contributed by atoms with Crippen LogP contribution in [0.4, 0.5) is 0 Å². The third kappa shape index (κ3) is 5.83. The van der Waals surface area contributed by atoms with Gasteiger partial charge in [0.15, 0.2) is 0 Å².